The Balaban J connectivity index is 1.45. The Kier molecular flexibility index (Phi) is 3.83. The van der Waals surface area contributed by atoms with Crippen molar-refractivity contribution in [1.82, 2.24) is 25.6 Å². The Labute approximate surface area is 141 Å². The molecule has 2 aromatic heterocycles. The Bertz CT molecular complexity index is 918. The van der Waals surface area contributed by atoms with Gasteiger partial charge in [-0.05, 0) is 40.8 Å². The van der Waals surface area contributed by atoms with Crippen LogP contribution >= 0.6 is 0 Å². The smallest absolute Gasteiger partial charge is 0.261 e. The molecule has 0 radical (unpaired) electrons. The number of carbonyl (C=O) groups is 1. The van der Waals surface area contributed by atoms with Crippen molar-refractivity contribution in [3.8, 4) is 22.9 Å². The molecule has 10 nitrogen and oxygen atoms in total. The molecule has 1 aliphatic rings. The Morgan fingerprint density at radius 1 is 1.32 bits per heavy atom. The normalized spacial score (nSPS) is 12.6. The number of amides is 1. The molecule has 0 saturated heterocycles. The predicted molar refractivity (Wildman–Crippen MR) is 83.8 cm³/mol. The van der Waals surface area contributed by atoms with Crippen molar-refractivity contribution in [1.29, 1.82) is 0 Å². The molecule has 0 unspecified atom stereocenters. The number of hydrogen-bond acceptors (Lipinski definition) is 8. The van der Waals surface area contributed by atoms with Crippen LogP contribution in [0.1, 0.15) is 5.76 Å². The minimum absolute atomic E-state index is 0.0910. The van der Waals surface area contributed by atoms with E-state index in [2.05, 4.69) is 26.1 Å². The molecule has 4 rings (SSSR count). The first-order valence-electron chi connectivity index (χ1n) is 7.31. The third-order valence-electron chi connectivity index (χ3n) is 3.38. The first-order chi connectivity index (χ1) is 12.3. The van der Waals surface area contributed by atoms with Gasteiger partial charge >= 0.3 is 0 Å². The Morgan fingerprint density at radius 3 is 3.12 bits per heavy atom. The summed E-state index contributed by atoms with van der Waals surface area (Å²) in [6.07, 6.45) is 2.91. The molecule has 0 saturated carbocycles. The fraction of sp³-hybridized carbons (Fsp3) is 0.133. The summed E-state index contributed by atoms with van der Waals surface area (Å²) in [4.78, 5) is 12.0. The molecule has 0 fully saturated rings. The summed E-state index contributed by atoms with van der Waals surface area (Å²) in [5, 5.41) is 15.2. The highest BCUT2D eigenvalue weighted by atomic mass is 16.7. The molecular formula is C15H12N6O4. The quantitative estimate of drug-likeness (QED) is 0.539. The second-order valence-electron chi connectivity index (χ2n) is 5.04. The van der Waals surface area contributed by atoms with Crippen LogP contribution in [0.25, 0.3) is 11.4 Å². The van der Waals surface area contributed by atoms with Gasteiger partial charge in [-0.25, -0.2) is 10.1 Å². The zero-order valence-corrected chi connectivity index (χ0v) is 12.8. The average molecular weight is 340 g/mol. The van der Waals surface area contributed by atoms with E-state index < -0.39 is 0 Å². The number of ether oxygens (including phenoxy) is 2. The maximum Gasteiger partial charge on any atom is 0.261 e. The van der Waals surface area contributed by atoms with Crippen LogP contribution in [0, 0.1) is 0 Å². The van der Waals surface area contributed by atoms with E-state index in [9.17, 15) is 4.79 Å². The molecule has 0 atom stereocenters. The van der Waals surface area contributed by atoms with E-state index in [1.807, 2.05) is 0 Å². The molecule has 25 heavy (non-hydrogen) atoms. The largest absolute Gasteiger partial charge is 0.463 e. The van der Waals surface area contributed by atoms with E-state index in [1.54, 1.807) is 30.3 Å². The number of carbonyl (C=O) groups excluding carboxylic acids is 1. The fourth-order valence-electron chi connectivity index (χ4n) is 2.26. The summed E-state index contributed by atoms with van der Waals surface area (Å²) < 4.78 is 17.1. The second kappa shape index (κ2) is 6.43. The Morgan fingerprint density at radius 2 is 2.24 bits per heavy atom. The van der Waals surface area contributed by atoms with Crippen molar-refractivity contribution in [2.24, 2.45) is 5.10 Å². The number of aromatic nitrogens is 4. The lowest BCUT2D eigenvalue weighted by Gasteiger charge is -2.04. The minimum atomic E-state index is -0.378. The van der Waals surface area contributed by atoms with Crippen LogP contribution < -0.4 is 14.9 Å². The molecule has 0 spiro atoms. The van der Waals surface area contributed by atoms with E-state index in [0.717, 1.165) is 0 Å². The molecule has 0 aliphatic carbocycles. The molecule has 3 aromatic rings. The monoisotopic (exact) mass is 340 g/mol. The topological polar surface area (TPSA) is 117 Å². The molecule has 3 heterocycles. The maximum absolute atomic E-state index is 12.0. The van der Waals surface area contributed by atoms with Gasteiger partial charge in [-0.2, -0.15) is 5.10 Å². The summed E-state index contributed by atoms with van der Waals surface area (Å²) in [6, 6.07) is 8.77. The minimum Gasteiger partial charge on any atom is -0.463 e. The summed E-state index contributed by atoms with van der Waals surface area (Å²) in [5.74, 6) is 1.86. The third-order valence-corrected chi connectivity index (χ3v) is 3.38. The first-order valence-corrected chi connectivity index (χ1v) is 7.31. The third kappa shape index (κ3) is 3.17. The van der Waals surface area contributed by atoms with Crippen LogP contribution in [0.3, 0.4) is 0 Å². The molecule has 126 valence electrons. The van der Waals surface area contributed by atoms with E-state index in [-0.39, 0.29) is 19.2 Å². The summed E-state index contributed by atoms with van der Waals surface area (Å²) >= 11 is 0. The molecule has 10 heteroatoms. The Hall–Kier alpha value is -3.69. The first kappa shape index (κ1) is 14.9. The van der Waals surface area contributed by atoms with E-state index in [0.29, 0.717) is 28.6 Å². The lowest BCUT2D eigenvalue weighted by Crippen LogP contribution is -2.24. The SMILES string of the molecule is O=C(Cn1nnnc1-c1ccc2c(c1)OCO2)NN=Cc1ccco1. The molecule has 1 aromatic carbocycles. The van der Waals surface area contributed by atoms with Crippen LogP contribution in [0.4, 0.5) is 0 Å². The lowest BCUT2D eigenvalue weighted by molar-refractivity contribution is -0.121. The van der Waals surface area contributed by atoms with E-state index in [4.69, 9.17) is 13.9 Å². The average Bonchev–Trinajstić information content (AvgIpc) is 3.35. The number of hydrogen-bond donors (Lipinski definition) is 1. The summed E-state index contributed by atoms with van der Waals surface area (Å²) in [6.45, 7) is 0.0894. The highest BCUT2D eigenvalue weighted by Crippen LogP contribution is 2.35. The number of nitrogens with zero attached hydrogens (tertiary/aromatic N) is 5. The molecule has 0 bridgehead atoms. The van der Waals surface area contributed by atoms with Crippen LogP contribution in [0.2, 0.25) is 0 Å². The van der Waals surface area contributed by atoms with Crippen LogP contribution in [0.15, 0.2) is 46.1 Å². The van der Waals surface area contributed by atoms with Gasteiger partial charge in [0, 0.05) is 5.56 Å². The molecule has 1 amide bonds. The number of benzene rings is 1. The van der Waals surface area contributed by atoms with Gasteiger partial charge in [-0.3, -0.25) is 4.79 Å². The standard InChI is InChI=1S/C15H12N6O4/c22-14(17-16-7-11-2-1-5-23-11)8-21-15(18-19-20-21)10-3-4-12-13(6-10)25-9-24-12/h1-7H,8-9H2,(H,17,22). The summed E-state index contributed by atoms with van der Waals surface area (Å²) in [5.41, 5.74) is 3.10. The van der Waals surface area contributed by atoms with Crippen molar-refractivity contribution in [3.63, 3.8) is 0 Å². The maximum atomic E-state index is 12.0. The van der Waals surface area contributed by atoms with Gasteiger partial charge < -0.3 is 13.9 Å². The number of fused-ring (bicyclic) bond motifs is 1. The van der Waals surface area contributed by atoms with Gasteiger partial charge in [0.2, 0.25) is 6.79 Å². The predicted octanol–water partition coefficient (Wildman–Crippen LogP) is 0.812. The second-order valence-corrected chi connectivity index (χ2v) is 5.04. The van der Waals surface area contributed by atoms with Crippen molar-refractivity contribution in [2.45, 2.75) is 6.54 Å². The number of tetrazole rings is 1. The van der Waals surface area contributed by atoms with Gasteiger partial charge in [-0.1, -0.05) is 0 Å². The molecular weight excluding hydrogens is 328 g/mol. The van der Waals surface area contributed by atoms with Crippen LogP contribution in [-0.2, 0) is 11.3 Å². The lowest BCUT2D eigenvalue weighted by atomic mass is 10.2. The zero-order valence-electron chi connectivity index (χ0n) is 12.8. The highest BCUT2D eigenvalue weighted by molar-refractivity contribution is 5.80. The zero-order chi connectivity index (χ0) is 17.1. The van der Waals surface area contributed by atoms with Gasteiger partial charge in [0.25, 0.3) is 5.91 Å². The van der Waals surface area contributed by atoms with Crippen LogP contribution in [-0.4, -0.2) is 39.1 Å². The molecule has 1 aliphatic heterocycles. The van der Waals surface area contributed by atoms with Gasteiger partial charge in [-0.15, -0.1) is 5.10 Å². The summed E-state index contributed by atoms with van der Waals surface area (Å²) in [7, 11) is 0. The van der Waals surface area contributed by atoms with Crippen molar-refractivity contribution in [3.05, 3.63) is 42.4 Å². The number of hydrazone groups is 1. The van der Waals surface area contributed by atoms with E-state index in [1.165, 1.54) is 17.2 Å². The van der Waals surface area contributed by atoms with E-state index >= 15 is 0 Å². The number of furan rings is 1. The van der Waals surface area contributed by atoms with Crippen molar-refractivity contribution < 1.29 is 18.7 Å². The highest BCUT2D eigenvalue weighted by Gasteiger charge is 2.17. The van der Waals surface area contributed by atoms with Gasteiger partial charge in [0.15, 0.2) is 17.3 Å². The fourth-order valence-corrected chi connectivity index (χ4v) is 2.26. The number of rotatable bonds is 5. The van der Waals surface area contributed by atoms with Gasteiger partial charge in [0.05, 0.1) is 12.5 Å². The van der Waals surface area contributed by atoms with Crippen LogP contribution in [0.5, 0.6) is 11.5 Å². The van der Waals surface area contributed by atoms with Crippen molar-refractivity contribution in [2.75, 3.05) is 6.79 Å². The molecule has 1 N–H and O–H groups in total. The number of nitrogens with one attached hydrogen (secondary N) is 1. The van der Waals surface area contributed by atoms with Crippen molar-refractivity contribution >= 4 is 12.1 Å². The van der Waals surface area contributed by atoms with Gasteiger partial charge in [0.1, 0.15) is 12.3 Å².